The van der Waals surface area contributed by atoms with Gasteiger partial charge in [-0.2, -0.15) is 5.10 Å². The Hall–Kier alpha value is -4.44. The van der Waals surface area contributed by atoms with Crippen LogP contribution < -0.4 is 14.8 Å². The molecule has 9 nitrogen and oxygen atoms in total. The average Bonchev–Trinajstić information content (AvgIpc) is 3.54. The number of hydrogen-bond donors (Lipinski definition) is 1. The lowest BCUT2D eigenvalue weighted by molar-refractivity contribution is -0.142. The Labute approximate surface area is 218 Å². The number of carbonyl (C=O) groups is 2. The minimum Gasteiger partial charge on any atom is -0.493 e. The van der Waals surface area contributed by atoms with Crippen LogP contribution in [0.1, 0.15) is 18.2 Å². The topological polar surface area (TPSA) is 105 Å². The number of thiazole rings is 1. The predicted molar refractivity (Wildman–Crippen MR) is 142 cm³/mol. The molecule has 0 aliphatic carbocycles. The Bertz CT molecular complexity index is 1410. The van der Waals surface area contributed by atoms with Crippen molar-refractivity contribution in [3.63, 3.8) is 0 Å². The maximum atomic E-state index is 12.6. The smallest absolute Gasteiger partial charge is 0.311 e. The number of amides is 1. The molecule has 0 radical (unpaired) electrons. The first-order valence-corrected chi connectivity index (χ1v) is 12.3. The zero-order chi connectivity index (χ0) is 26.2. The molecule has 4 rings (SSSR count). The molecular weight excluding hydrogens is 492 g/mol. The molecule has 0 aliphatic rings. The quantitative estimate of drug-likeness (QED) is 0.238. The summed E-state index contributed by atoms with van der Waals surface area (Å²) in [6, 6.07) is 15.2. The summed E-state index contributed by atoms with van der Waals surface area (Å²) in [6.07, 6.45) is 5.03. The van der Waals surface area contributed by atoms with Gasteiger partial charge in [-0.25, -0.2) is 9.67 Å². The Morgan fingerprint density at radius 2 is 1.86 bits per heavy atom. The standard InChI is InChI=1S/C27H26N4O5S/c1-4-36-25(33)15-20-17-37-27(28-20)29-24(32)13-11-19-16-31(21-8-6-5-7-9-21)30-26(19)18-10-12-22(34-2)23(14-18)35-3/h5-14,16-17H,4,15H2,1-3H3,(H,28,29,32). The van der Waals surface area contributed by atoms with Crippen molar-refractivity contribution < 1.29 is 23.8 Å². The molecule has 2 aromatic heterocycles. The fraction of sp³-hybridized carbons (Fsp3) is 0.185. The van der Waals surface area contributed by atoms with E-state index in [1.807, 2.05) is 54.7 Å². The van der Waals surface area contributed by atoms with Crippen LogP contribution in [-0.4, -0.2) is 47.5 Å². The summed E-state index contributed by atoms with van der Waals surface area (Å²) in [5.74, 6) is 0.465. The molecule has 0 bridgehead atoms. The number of methoxy groups -OCH3 is 2. The van der Waals surface area contributed by atoms with E-state index < -0.39 is 0 Å². The van der Waals surface area contributed by atoms with E-state index in [0.717, 1.165) is 16.8 Å². The molecule has 0 saturated carbocycles. The number of ether oxygens (including phenoxy) is 3. The number of nitrogens with one attached hydrogen (secondary N) is 1. The molecule has 0 aliphatic heterocycles. The number of hydrogen-bond acceptors (Lipinski definition) is 8. The number of esters is 1. The van der Waals surface area contributed by atoms with E-state index in [1.165, 1.54) is 17.4 Å². The summed E-state index contributed by atoms with van der Waals surface area (Å²) in [6.45, 7) is 2.06. The maximum absolute atomic E-state index is 12.6. The van der Waals surface area contributed by atoms with Gasteiger partial charge < -0.3 is 14.2 Å². The molecule has 0 fully saturated rings. The lowest BCUT2D eigenvalue weighted by atomic mass is 10.1. The van der Waals surface area contributed by atoms with Gasteiger partial charge in [0, 0.05) is 28.8 Å². The van der Waals surface area contributed by atoms with Crippen LogP contribution >= 0.6 is 11.3 Å². The average molecular weight is 519 g/mol. The highest BCUT2D eigenvalue weighted by atomic mass is 32.1. The monoisotopic (exact) mass is 518 g/mol. The number of para-hydroxylation sites is 1. The lowest BCUT2D eigenvalue weighted by Gasteiger charge is -2.09. The van der Waals surface area contributed by atoms with E-state index in [-0.39, 0.29) is 18.3 Å². The van der Waals surface area contributed by atoms with Crippen molar-refractivity contribution in [1.82, 2.24) is 14.8 Å². The number of benzene rings is 2. The molecular formula is C27H26N4O5S. The number of aromatic nitrogens is 3. The van der Waals surface area contributed by atoms with Crippen molar-refractivity contribution in [3.8, 4) is 28.4 Å². The van der Waals surface area contributed by atoms with E-state index in [9.17, 15) is 9.59 Å². The molecule has 0 saturated heterocycles. The van der Waals surface area contributed by atoms with E-state index in [1.54, 1.807) is 37.3 Å². The van der Waals surface area contributed by atoms with Gasteiger partial charge in [0.15, 0.2) is 16.6 Å². The maximum Gasteiger partial charge on any atom is 0.311 e. The summed E-state index contributed by atoms with van der Waals surface area (Å²) in [5.41, 5.74) is 3.62. The van der Waals surface area contributed by atoms with Crippen LogP contribution in [0.15, 0.2) is 66.2 Å². The van der Waals surface area contributed by atoms with Gasteiger partial charge in [0.25, 0.3) is 0 Å². The van der Waals surface area contributed by atoms with Crippen molar-refractivity contribution in [2.24, 2.45) is 0 Å². The number of anilines is 1. The minimum atomic E-state index is -0.359. The van der Waals surface area contributed by atoms with Crippen molar-refractivity contribution in [2.75, 3.05) is 26.1 Å². The summed E-state index contributed by atoms with van der Waals surface area (Å²) in [4.78, 5) is 28.6. The highest BCUT2D eigenvalue weighted by Gasteiger charge is 2.14. The van der Waals surface area contributed by atoms with Crippen LogP contribution in [-0.2, 0) is 20.7 Å². The van der Waals surface area contributed by atoms with Crippen molar-refractivity contribution in [2.45, 2.75) is 13.3 Å². The zero-order valence-corrected chi connectivity index (χ0v) is 21.5. The van der Waals surface area contributed by atoms with Crippen molar-refractivity contribution in [1.29, 1.82) is 0 Å². The fourth-order valence-electron chi connectivity index (χ4n) is 3.55. The van der Waals surface area contributed by atoms with E-state index >= 15 is 0 Å². The minimum absolute atomic E-state index is 0.0589. The molecule has 0 spiro atoms. The van der Waals surface area contributed by atoms with Gasteiger partial charge in [0.05, 0.1) is 38.6 Å². The van der Waals surface area contributed by atoms with E-state index in [2.05, 4.69) is 10.3 Å². The number of nitrogens with zero attached hydrogens (tertiary/aromatic N) is 3. The second kappa shape index (κ2) is 12.0. The Morgan fingerprint density at radius 1 is 1.08 bits per heavy atom. The van der Waals surface area contributed by atoms with Crippen LogP contribution in [0, 0.1) is 0 Å². The van der Waals surface area contributed by atoms with Crippen LogP contribution in [0.25, 0.3) is 23.0 Å². The predicted octanol–water partition coefficient (Wildman–Crippen LogP) is 4.77. The second-order valence-corrected chi connectivity index (χ2v) is 8.59. The number of carbonyl (C=O) groups excluding carboxylic acids is 2. The highest BCUT2D eigenvalue weighted by molar-refractivity contribution is 7.14. The third kappa shape index (κ3) is 6.42. The third-order valence-corrected chi connectivity index (χ3v) is 6.05. The second-order valence-electron chi connectivity index (χ2n) is 7.73. The summed E-state index contributed by atoms with van der Waals surface area (Å²) in [7, 11) is 3.16. The van der Waals surface area contributed by atoms with Crippen molar-refractivity contribution >= 4 is 34.4 Å². The normalized spacial score (nSPS) is 10.9. The summed E-state index contributed by atoms with van der Waals surface area (Å²) < 4.78 is 17.5. The van der Waals surface area contributed by atoms with Crippen LogP contribution in [0.4, 0.5) is 5.13 Å². The molecule has 1 N–H and O–H groups in total. The van der Waals surface area contributed by atoms with Crippen LogP contribution in [0.5, 0.6) is 11.5 Å². The van der Waals surface area contributed by atoms with Gasteiger partial charge in [-0.15, -0.1) is 11.3 Å². The Kier molecular flexibility index (Phi) is 8.32. The highest BCUT2D eigenvalue weighted by Crippen LogP contribution is 2.33. The first-order chi connectivity index (χ1) is 18.0. The molecule has 190 valence electrons. The zero-order valence-electron chi connectivity index (χ0n) is 20.6. The molecule has 1 amide bonds. The molecule has 0 unspecified atom stereocenters. The Balaban J connectivity index is 1.58. The number of rotatable bonds is 10. The fourth-order valence-corrected chi connectivity index (χ4v) is 4.26. The molecule has 2 heterocycles. The van der Waals surface area contributed by atoms with E-state index in [4.69, 9.17) is 19.3 Å². The summed E-state index contributed by atoms with van der Waals surface area (Å²) >= 11 is 1.24. The molecule has 37 heavy (non-hydrogen) atoms. The molecule has 4 aromatic rings. The largest absolute Gasteiger partial charge is 0.493 e. The Morgan fingerprint density at radius 3 is 2.59 bits per heavy atom. The third-order valence-electron chi connectivity index (χ3n) is 5.25. The van der Waals surface area contributed by atoms with Gasteiger partial charge in [0.2, 0.25) is 5.91 Å². The first-order valence-electron chi connectivity index (χ1n) is 11.5. The molecule has 2 aromatic carbocycles. The van der Waals surface area contributed by atoms with Gasteiger partial charge in [-0.1, -0.05) is 18.2 Å². The molecule has 0 atom stereocenters. The van der Waals surface area contributed by atoms with Gasteiger partial charge in [-0.3, -0.25) is 14.9 Å². The van der Waals surface area contributed by atoms with Crippen molar-refractivity contribution in [3.05, 3.63) is 77.4 Å². The molecule has 10 heteroatoms. The van der Waals surface area contributed by atoms with Gasteiger partial charge in [0.1, 0.15) is 5.69 Å². The SMILES string of the molecule is CCOC(=O)Cc1csc(NC(=O)C=Cc2cn(-c3ccccc3)nc2-c2ccc(OC)c(OC)c2)n1. The first kappa shape index (κ1) is 25.6. The van der Waals surface area contributed by atoms with Crippen LogP contribution in [0.3, 0.4) is 0 Å². The van der Waals surface area contributed by atoms with E-state index in [0.29, 0.717) is 34.6 Å². The van der Waals surface area contributed by atoms with Crippen LogP contribution in [0.2, 0.25) is 0 Å². The summed E-state index contributed by atoms with van der Waals surface area (Å²) in [5, 5.41) is 9.62. The lowest BCUT2D eigenvalue weighted by Crippen LogP contribution is -2.09. The van der Waals surface area contributed by atoms with Gasteiger partial charge in [-0.05, 0) is 43.3 Å². The van der Waals surface area contributed by atoms with Gasteiger partial charge >= 0.3 is 5.97 Å².